The van der Waals surface area contributed by atoms with E-state index in [0.717, 1.165) is 16.7 Å². The van der Waals surface area contributed by atoms with Crippen LogP contribution >= 0.6 is 0 Å². The summed E-state index contributed by atoms with van der Waals surface area (Å²) in [7, 11) is 0. The lowest BCUT2D eigenvalue weighted by atomic mass is 10.00. The number of rotatable bonds is 8. The van der Waals surface area contributed by atoms with Crippen LogP contribution in [-0.4, -0.2) is 35.0 Å². The Morgan fingerprint density at radius 3 is 2.11 bits per heavy atom. The molecule has 0 heterocycles. The molecule has 0 radical (unpaired) electrons. The van der Waals surface area contributed by atoms with Crippen molar-refractivity contribution >= 4 is 17.8 Å². The number of aryl methyl sites for hydroxylation is 1. The van der Waals surface area contributed by atoms with Gasteiger partial charge in [-0.15, -0.1) is 0 Å². The van der Waals surface area contributed by atoms with Crippen LogP contribution in [0.15, 0.2) is 54.6 Å². The topological polar surface area (TPSA) is 95.5 Å². The van der Waals surface area contributed by atoms with Gasteiger partial charge in [-0.2, -0.15) is 0 Å². The third-order valence-electron chi connectivity index (χ3n) is 4.28. The van der Waals surface area contributed by atoms with Crippen molar-refractivity contribution in [3.63, 3.8) is 0 Å². The van der Waals surface area contributed by atoms with Gasteiger partial charge >= 0.3 is 5.97 Å². The number of amides is 2. The fraction of sp³-hybridized carbons (Fsp3) is 0.286. The molecule has 2 aromatic carbocycles. The molecule has 0 aliphatic rings. The molecule has 142 valence electrons. The van der Waals surface area contributed by atoms with E-state index in [1.165, 1.54) is 6.92 Å². The minimum atomic E-state index is -1.12. The van der Waals surface area contributed by atoms with E-state index < -0.39 is 24.0 Å². The van der Waals surface area contributed by atoms with Crippen molar-refractivity contribution in [3.8, 4) is 0 Å². The third kappa shape index (κ3) is 6.26. The average molecular weight is 368 g/mol. The lowest BCUT2D eigenvalue weighted by molar-refractivity contribution is -0.142. The Labute approximate surface area is 158 Å². The smallest absolute Gasteiger partial charge is 0.326 e. The van der Waals surface area contributed by atoms with Crippen molar-refractivity contribution in [2.75, 3.05) is 0 Å². The molecule has 2 amide bonds. The minimum absolute atomic E-state index is 0.172. The molecule has 0 aromatic heterocycles. The fourth-order valence-electron chi connectivity index (χ4n) is 2.84. The van der Waals surface area contributed by atoms with E-state index in [1.807, 2.05) is 61.5 Å². The van der Waals surface area contributed by atoms with Crippen LogP contribution in [-0.2, 0) is 27.2 Å². The van der Waals surface area contributed by atoms with E-state index >= 15 is 0 Å². The Hall–Kier alpha value is -3.15. The molecule has 6 nitrogen and oxygen atoms in total. The number of benzene rings is 2. The van der Waals surface area contributed by atoms with Gasteiger partial charge in [0, 0.05) is 19.8 Å². The highest BCUT2D eigenvalue weighted by Gasteiger charge is 2.26. The summed E-state index contributed by atoms with van der Waals surface area (Å²) in [4.78, 5) is 35.8. The molecule has 0 aliphatic heterocycles. The highest BCUT2D eigenvalue weighted by molar-refractivity contribution is 5.90. The second-order valence-electron chi connectivity index (χ2n) is 6.47. The summed E-state index contributed by atoms with van der Waals surface area (Å²) >= 11 is 0. The molecule has 6 heteroatoms. The van der Waals surface area contributed by atoms with E-state index in [4.69, 9.17) is 0 Å². The zero-order chi connectivity index (χ0) is 19.8. The van der Waals surface area contributed by atoms with Crippen molar-refractivity contribution in [2.24, 2.45) is 0 Å². The van der Waals surface area contributed by atoms with Crippen LogP contribution in [0.2, 0.25) is 0 Å². The maximum atomic E-state index is 12.7. The van der Waals surface area contributed by atoms with Crippen molar-refractivity contribution in [1.82, 2.24) is 10.6 Å². The van der Waals surface area contributed by atoms with Gasteiger partial charge in [0.25, 0.3) is 0 Å². The number of aliphatic carboxylic acids is 1. The molecule has 0 saturated carbocycles. The van der Waals surface area contributed by atoms with Crippen molar-refractivity contribution in [2.45, 2.75) is 38.8 Å². The summed E-state index contributed by atoms with van der Waals surface area (Å²) in [6.45, 7) is 3.22. The molecule has 0 spiro atoms. The van der Waals surface area contributed by atoms with Crippen LogP contribution in [0.5, 0.6) is 0 Å². The van der Waals surface area contributed by atoms with Crippen LogP contribution in [0.25, 0.3) is 0 Å². The van der Waals surface area contributed by atoms with Gasteiger partial charge in [-0.25, -0.2) is 4.79 Å². The van der Waals surface area contributed by atoms with Crippen LogP contribution in [0, 0.1) is 6.92 Å². The minimum Gasteiger partial charge on any atom is -0.480 e. The van der Waals surface area contributed by atoms with Crippen LogP contribution < -0.4 is 10.6 Å². The van der Waals surface area contributed by atoms with Gasteiger partial charge in [-0.3, -0.25) is 9.59 Å². The maximum Gasteiger partial charge on any atom is 0.326 e. The molecular weight excluding hydrogens is 344 g/mol. The summed E-state index contributed by atoms with van der Waals surface area (Å²) in [6.07, 6.45) is 0.453. The zero-order valence-electron chi connectivity index (χ0n) is 15.4. The highest BCUT2D eigenvalue weighted by Crippen LogP contribution is 2.11. The first-order chi connectivity index (χ1) is 12.9. The van der Waals surface area contributed by atoms with Gasteiger partial charge in [0.2, 0.25) is 11.8 Å². The van der Waals surface area contributed by atoms with Gasteiger partial charge < -0.3 is 15.7 Å². The Morgan fingerprint density at radius 1 is 0.889 bits per heavy atom. The number of carboxylic acids is 1. The second-order valence-corrected chi connectivity index (χ2v) is 6.47. The number of carboxylic acid groups (broad SMARTS) is 1. The van der Waals surface area contributed by atoms with Crippen LogP contribution in [0.3, 0.4) is 0 Å². The normalized spacial score (nSPS) is 12.7. The predicted molar refractivity (Wildman–Crippen MR) is 102 cm³/mol. The first-order valence-electron chi connectivity index (χ1n) is 8.75. The Kier molecular flexibility index (Phi) is 7.11. The molecule has 0 fully saturated rings. The molecule has 0 aliphatic carbocycles. The number of carbonyl (C=O) groups excluding carboxylic acids is 2. The molecule has 0 unspecified atom stereocenters. The lowest BCUT2D eigenvalue weighted by Gasteiger charge is -2.21. The average Bonchev–Trinajstić information content (AvgIpc) is 2.62. The molecular formula is C21H24N2O4. The van der Waals surface area contributed by atoms with Gasteiger partial charge in [0.05, 0.1) is 0 Å². The van der Waals surface area contributed by atoms with E-state index in [0.29, 0.717) is 0 Å². The molecule has 0 bridgehead atoms. The van der Waals surface area contributed by atoms with Crippen LogP contribution in [0.1, 0.15) is 23.6 Å². The van der Waals surface area contributed by atoms with Gasteiger partial charge in [-0.1, -0.05) is 54.6 Å². The first kappa shape index (κ1) is 20.2. The number of carbonyl (C=O) groups is 3. The molecule has 0 saturated heterocycles. The van der Waals surface area contributed by atoms with E-state index in [-0.39, 0.29) is 18.7 Å². The lowest BCUT2D eigenvalue weighted by Crippen LogP contribution is -2.52. The quantitative estimate of drug-likeness (QED) is 0.663. The van der Waals surface area contributed by atoms with E-state index in [9.17, 15) is 19.5 Å². The Balaban J connectivity index is 2.13. The molecule has 2 aromatic rings. The third-order valence-corrected chi connectivity index (χ3v) is 4.28. The first-order valence-corrected chi connectivity index (χ1v) is 8.75. The molecule has 27 heavy (non-hydrogen) atoms. The summed E-state index contributed by atoms with van der Waals surface area (Å²) in [5, 5.41) is 14.7. The zero-order valence-corrected chi connectivity index (χ0v) is 15.4. The van der Waals surface area contributed by atoms with Gasteiger partial charge in [-0.05, 0) is 23.6 Å². The van der Waals surface area contributed by atoms with E-state index in [2.05, 4.69) is 10.6 Å². The standard InChI is InChI=1S/C21H24N2O4/c1-14-8-6-7-11-17(14)13-19(21(26)27)23-20(25)18(22-15(2)24)12-16-9-4-3-5-10-16/h3-11,18-19H,12-13H2,1-2H3,(H,22,24)(H,23,25)(H,26,27)/t18-,19-/m1/s1. The number of hydrogen-bond acceptors (Lipinski definition) is 3. The Bertz CT molecular complexity index is 805. The van der Waals surface area contributed by atoms with Crippen molar-refractivity contribution < 1.29 is 19.5 Å². The summed E-state index contributed by atoms with van der Waals surface area (Å²) in [6, 6.07) is 14.8. The SMILES string of the molecule is CC(=O)N[C@H](Cc1ccccc1)C(=O)N[C@H](Cc1ccccc1C)C(=O)O. The molecule has 2 atom stereocenters. The van der Waals surface area contributed by atoms with Gasteiger partial charge in [0.1, 0.15) is 12.1 Å². The van der Waals surface area contributed by atoms with Crippen molar-refractivity contribution in [3.05, 3.63) is 71.3 Å². The highest BCUT2D eigenvalue weighted by atomic mass is 16.4. The van der Waals surface area contributed by atoms with Gasteiger partial charge in [0.15, 0.2) is 0 Å². The maximum absolute atomic E-state index is 12.7. The second kappa shape index (κ2) is 9.52. The van der Waals surface area contributed by atoms with Crippen LogP contribution in [0.4, 0.5) is 0 Å². The summed E-state index contributed by atoms with van der Waals surface area (Å²) < 4.78 is 0. The predicted octanol–water partition coefficient (Wildman–Crippen LogP) is 1.85. The molecule has 3 N–H and O–H groups in total. The number of hydrogen-bond donors (Lipinski definition) is 3. The molecule has 2 rings (SSSR count). The van der Waals surface area contributed by atoms with E-state index in [1.54, 1.807) is 0 Å². The summed E-state index contributed by atoms with van der Waals surface area (Å²) in [5.74, 6) is -1.99. The summed E-state index contributed by atoms with van der Waals surface area (Å²) in [5.41, 5.74) is 2.68. The van der Waals surface area contributed by atoms with Crippen molar-refractivity contribution in [1.29, 1.82) is 0 Å². The number of nitrogens with one attached hydrogen (secondary N) is 2. The fourth-order valence-corrected chi connectivity index (χ4v) is 2.84. The monoisotopic (exact) mass is 368 g/mol. The largest absolute Gasteiger partial charge is 0.480 e. The Morgan fingerprint density at radius 2 is 1.52 bits per heavy atom.